The summed E-state index contributed by atoms with van der Waals surface area (Å²) in [6.45, 7) is -11.9. The molecule has 202 valence electrons. The van der Waals surface area contributed by atoms with E-state index in [-0.39, 0.29) is 6.42 Å². The molecule has 3 N–H and O–H groups in total. The van der Waals surface area contributed by atoms with Crippen LogP contribution in [-0.4, -0.2) is 73.1 Å². The molecule has 0 aromatic rings. The van der Waals surface area contributed by atoms with Crippen molar-refractivity contribution < 1.29 is 50.0 Å². The fourth-order valence-corrected chi connectivity index (χ4v) is 3.97. The second-order valence-corrected chi connectivity index (χ2v) is 10.0. The third-order valence-electron chi connectivity index (χ3n) is 5.23. The van der Waals surface area contributed by atoms with Crippen molar-refractivity contribution >= 4 is 19.7 Å². The summed E-state index contributed by atoms with van der Waals surface area (Å²) in [5.74, 6) is -2.15. The van der Waals surface area contributed by atoms with Crippen molar-refractivity contribution in [2.45, 2.75) is 103 Å². The first-order chi connectivity index (χ1) is 19.7. The molecule has 0 spiro atoms. The highest BCUT2D eigenvalue weighted by Crippen LogP contribution is 2.43. The Morgan fingerprint density at radius 2 is 1.41 bits per heavy atom. The number of hydrogen-bond acceptors (Lipinski definition) is 5. The van der Waals surface area contributed by atoms with Gasteiger partial charge in [-0.2, -0.15) is 0 Å². The van der Waals surface area contributed by atoms with Crippen LogP contribution in [0, 0.1) is 0 Å². The van der Waals surface area contributed by atoms with Crippen LogP contribution >= 0.6 is 7.82 Å². The number of carbonyl (C=O) groups excluding carboxylic acids is 1. The number of quaternary nitrogens is 1. The van der Waals surface area contributed by atoms with Crippen LogP contribution in [0.25, 0.3) is 0 Å². The zero-order chi connectivity index (χ0) is 33.4. The summed E-state index contributed by atoms with van der Waals surface area (Å²) in [5.41, 5.74) is 0. The number of rotatable bonds is 23. The standard InChI is InChI=1S/C24H49N2O7P/c1-5-6-7-8-9-10-11-12-13-14-15-16-17-18-23(27)25-22(24(28)29)21-33-34(30,31)32-20-19-26(2,3)4/h22H,5-21H2,1-4H3,(H2-,25,27,28,29,30,31)/p+1/t22-/m0/s1/i2D3,3D3,4D3. The number of carboxylic acids is 1. The van der Waals surface area contributed by atoms with Gasteiger partial charge >= 0.3 is 13.8 Å². The summed E-state index contributed by atoms with van der Waals surface area (Å²) in [7, 11) is -5.10. The Hall–Kier alpha value is -0.990. The van der Waals surface area contributed by atoms with Crippen molar-refractivity contribution in [3.8, 4) is 0 Å². The number of carboxylic acid groups (broad SMARTS) is 1. The predicted molar refractivity (Wildman–Crippen MR) is 135 cm³/mol. The molecule has 0 aliphatic heterocycles. The monoisotopic (exact) mass is 518 g/mol. The number of amides is 1. The molecule has 34 heavy (non-hydrogen) atoms. The van der Waals surface area contributed by atoms with E-state index < -0.39 is 70.9 Å². The molecule has 0 heterocycles. The number of phosphoric ester groups is 1. The third-order valence-corrected chi connectivity index (χ3v) is 6.21. The molecule has 2 atom stereocenters. The molecule has 0 fully saturated rings. The summed E-state index contributed by atoms with van der Waals surface area (Å²) in [6, 6.07) is -1.71. The molecule has 0 saturated heterocycles. The largest absolute Gasteiger partial charge is 0.480 e. The second-order valence-electron chi connectivity index (χ2n) is 8.58. The first kappa shape index (κ1) is 20.1. The SMILES string of the molecule is [2H]C([2H])([2H])[N+](CCOP(=O)(O)OC[C@H](NC(=O)CCCCCCCCCCCCCCC)C(=O)O)(C([2H])([2H])[2H])C([2H])([2H])[2H]. The number of nitrogens with one attached hydrogen (secondary N) is 1. The third kappa shape index (κ3) is 21.5. The molecule has 1 unspecified atom stereocenters. The van der Waals surface area contributed by atoms with Crippen LogP contribution < -0.4 is 5.32 Å². The molecule has 0 bridgehead atoms. The lowest BCUT2D eigenvalue weighted by atomic mass is 10.0. The van der Waals surface area contributed by atoms with Crippen LogP contribution in [-0.2, 0) is 23.2 Å². The van der Waals surface area contributed by atoms with Crippen molar-refractivity contribution in [2.24, 2.45) is 0 Å². The van der Waals surface area contributed by atoms with E-state index in [4.69, 9.17) is 12.3 Å². The Morgan fingerprint density at radius 1 is 0.912 bits per heavy atom. The Bertz CT molecular complexity index is 836. The van der Waals surface area contributed by atoms with Gasteiger partial charge in [-0.25, -0.2) is 9.36 Å². The topological polar surface area (TPSA) is 122 Å². The van der Waals surface area contributed by atoms with Crippen molar-refractivity contribution in [3.05, 3.63) is 0 Å². The van der Waals surface area contributed by atoms with Crippen molar-refractivity contribution in [2.75, 3.05) is 40.7 Å². The van der Waals surface area contributed by atoms with E-state index in [1.807, 2.05) is 0 Å². The summed E-state index contributed by atoms with van der Waals surface area (Å²) in [6.07, 6.45) is 14.6. The smallest absolute Gasteiger partial charge is 0.472 e. The van der Waals surface area contributed by atoms with E-state index in [1.165, 1.54) is 51.4 Å². The van der Waals surface area contributed by atoms with E-state index >= 15 is 0 Å². The second kappa shape index (κ2) is 19.2. The van der Waals surface area contributed by atoms with Crippen molar-refractivity contribution in [3.63, 3.8) is 0 Å². The van der Waals surface area contributed by atoms with Crippen molar-refractivity contribution in [1.29, 1.82) is 0 Å². The fraction of sp³-hybridized carbons (Fsp3) is 0.917. The summed E-state index contributed by atoms with van der Waals surface area (Å²) in [4.78, 5) is 33.6. The predicted octanol–water partition coefficient (Wildman–Crippen LogP) is 4.88. The molecule has 0 aliphatic rings. The average molecular weight is 519 g/mol. The molecule has 0 aliphatic carbocycles. The van der Waals surface area contributed by atoms with Gasteiger partial charge in [0.05, 0.1) is 39.9 Å². The minimum Gasteiger partial charge on any atom is -0.480 e. The number of carbonyl (C=O) groups is 2. The van der Waals surface area contributed by atoms with Gasteiger partial charge in [0.1, 0.15) is 13.2 Å². The summed E-state index contributed by atoms with van der Waals surface area (Å²) in [5, 5.41) is 11.6. The maximum atomic E-state index is 12.2. The van der Waals surface area contributed by atoms with Gasteiger partial charge in [-0.3, -0.25) is 13.8 Å². The van der Waals surface area contributed by atoms with Gasteiger partial charge in [-0.05, 0) is 6.42 Å². The Balaban J connectivity index is 4.56. The van der Waals surface area contributed by atoms with Gasteiger partial charge in [0.15, 0.2) is 6.04 Å². The maximum Gasteiger partial charge on any atom is 0.472 e. The van der Waals surface area contributed by atoms with Crippen LogP contribution in [0.3, 0.4) is 0 Å². The number of likely N-dealkylation sites (N-methyl/N-ethyl adjacent to an activating group) is 1. The molecule has 10 heteroatoms. The highest BCUT2D eigenvalue weighted by molar-refractivity contribution is 7.47. The van der Waals surface area contributed by atoms with Crippen LogP contribution in [0.2, 0.25) is 0 Å². The zero-order valence-electron chi connectivity index (χ0n) is 29.4. The Labute approximate surface area is 219 Å². The molecule has 0 radical (unpaired) electrons. The average Bonchev–Trinajstić information content (AvgIpc) is 2.84. The van der Waals surface area contributed by atoms with E-state index in [0.717, 1.165) is 25.7 Å². The first-order valence-electron chi connectivity index (χ1n) is 16.7. The van der Waals surface area contributed by atoms with Gasteiger partial charge in [0, 0.05) is 6.42 Å². The van der Waals surface area contributed by atoms with Gasteiger partial charge in [0.2, 0.25) is 5.91 Å². The van der Waals surface area contributed by atoms with Crippen LogP contribution in [0.1, 0.15) is 109 Å². The summed E-state index contributed by atoms with van der Waals surface area (Å²) >= 11 is 0. The molecule has 0 saturated carbocycles. The lowest BCUT2D eigenvalue weighted by Crippen LogP contribution is -2.43. The number of phosphoric acid groups is 1. The molecule has 0 rings (SSSR count). The number of aliphatic carboxylic acids is 1. The molecular formula is C24H50N2O7P+. The van der Waals surface area contributed by atoms with E-state index in [9.17, 15) is 24.2 Å². The maximum absolute atomic E-state index is 12.2. The van der Waals surface area contributed by atoms with Crippen LogP contribution in [0.15, 0.2) is 0 Å². The highest BCUT2D eigenvalue weighted by Gasteiger charge is 2.28. The van der Waals surface area contributed by atoms with E-state index in [0.29, 0.717) is 6.42 Å². The minimum absolute atomic E-state index is 0.0498. The fourth-order valence-electron chi connectivity index (χ4n) is 3.24. The molecule has 1 amide bonds. The van der Waals surface area contributed by atoms with Crippen LogP contribution in [0.5, 0.6) is 0 Å². The summed E-state index contributed by atoms with van der Waals surface area (Å²) < 4.78 is 86.8. The molecule has 0 aromatic carbocycles. The number of nitrogens with zero attached hydrogens (tertiary/aromatic N) is 1. The van der Waals surface area contributed by atoms with E-state index in [1.54, 1.807) is 0 Å². The molecule has 0 aromatic heterocycles. The van der Waals surface area contributed by atoms with Crippen LogP contribution in [0.4, 0.5) is 0 Å². The quantitative estimate of drug-likeness (QED) is 0.100. The van der Waals surface area contributed by atoms with Crippen molar-refractivity contribution in [1.82, 2.24) is 5.32 Å². The lowest BCUT2D eigenvalue weighted by molar-refractivity contribution is -0.870. The van der Waals surface area contributed by atoms with Gasteiger partial charge < -0.3 is 19.8 Å². The lowest BCUT2D eigenvalue weighted by Gasteiger charge is -2.24. The Morgan fingerprint density at radius 3 is 1.88 bits per heavy atom. The first-order valence-corrected chi connectivity index (χ1v) is 13.7. The zero-order valence-corrected chi connectivity index (χ0v) is 21.3. The minimum atomic E-state index is -5.10. The molecular weight excluding hydrogens is 459 g/mol. The number of unbranched alkanes of at least 4 members (excludes halogenated alkanes) is 12. The normalized spacial score (nSPS) is 19.5. The van der Waals surface area contributed by atoms with Gasteiger partial charge in [-0.1, -0.05) is 84.0 Å². The highest BCUT2D eigenvalue weighted by atomic mass is 31.2. The van der Waals surface area contributed by atoms with Gasteiger partial charge in [0.25, 0.3) is 0 Å². The molecule has 9 nitrogen and oxygen atoms in total. The van der Waals surface area contributed by atoms with E-state index in [2.05, 4.69) is 21.3 Å². The number of hydrogen-bond donors (Lipinski definition) is 3. The Kier molecular flexibility index (Phi) is 11.4. The van der Waals surface area contributed by atoms with Gasteiger partial charge in [-0.15, -0.1) is 0 Å².